The van der Waals surface area contributed by atoms with Crippen molar-refractivity contribution in [2.24, 2.45) is 0 Å². The van der Waals surface area contributed by atoms with E-state index in [-0.39, 0.29) is 23.7 Å². The summed E-state index contributed by atoms with van der Waals surface area (Å²) in [5.74, 6) is -0.0514. The van der Waals surface area contributed by atoms with Crippen molar-refractivity contribution in [3.8, 4) is 0 Å². The summed E-state index contributed by atoms with van der Waals surface area (Å²) in [7, 11) is 0. The number of nitrogen functional groups attached to an aromatic ring is 1. The Balaban J connectivity index is 2.07. The van der Waals surface area contributed by atoms with E-state index in [1.165, 1.54) is 10.9 Å². The Morgan fingerprint density at radius 1 is 1.59 bits per heavy atom. The van der Waals surface area contributed by atoms with Crippen LogP contribution in [0.2, 0.25) is 0 Å². The molecule has 1 aliphatic heterocycles. The number of hydrogen-bond acceptors (Lipinski definition) is 8. The van der Waals surface area contributed by atoms with Crippen molar-refractivity contribution in [2.45, 2.75) is 31.5 Å². The molecule has 0 spiro atoms. The van der Waals surface area contributed by atoms with Crippen LogP contribution in [0.3, 0.4) is 0 Å². The summed E-state index contributed by atoms with van der Waals surface area (Å²) < 4.78 is 12.6. The summed E-state index contributed by atoms with van der Waals surface area (Å²) in [5.41, 5.74) is 5.42. The Morgan fingerprint density at radius 3 is 3.05 bits per heavy atom. The van der Waals surface area contributed by atoms with Crippen LogP contribution in [0.1, 0.15) is 13.2 Å². The van der Waals surface area contributed by atoms with E-state index in [2.05, 4.69) is 15.0 Å². The molecule has 0 saturated carbocycles. The van der Waals surface area contributed by atoms with Crippen molar-refractivity contribution >= 4 is 17.1 Å². The maximum Gasteiger partial charge on any atom is 0.280 e. The molecule has 0 aromatic carbocycles. The Labute approximate surface area is 124 Å². The van der Waals surface area contributed by atoms with Gasteiger partial charge in [0, 0.05) is 6.61 Å². The Kier molecular flexibility index (Phi) is 3.83. The number of hydrogen-bond donors (Lipinski definition) is 4. The first-order chi connectivity index (χ1) is 10.6. The number of nitrogens with two attached hydrogens (primary N) is 1. The third-order valence-corrected chi connectivity index (χ3v) is 3.58. The summed E-state index contributed by atoms with van der Waals surface area (Å²) in [6.45, 7) is 1.77. The number of aromatic amines is 1. The van der Waals surface area contributed by atoms with Crippen molar-refractivity contribution in [1.29, 1.82) is 0 Å². The normalized spacial score (nSPS) is 28.5. The van der Waals surface area contributed by atoms with Gasteiger partial charge in [0.25, 0.3) is 5.56 Å². The Hall–Kier alpha value is -2.01. The molecule has 1 unspecified atom stereocenters. The average Bonchev–Trinajstić information content (AvgIpc) is 3.02. The second-order valence-electron chi connectivity index (χ2n) is 4.93. The van der Waals surface area contributed by atoms with Crippen molar-refractivity contribution in [3.63, 3.8) is 0 Å². The molecule has 2 aromatic heterocycles. The van der Waals surface area contributed by atoms with Crippen molar-refractivity contribution < 1.29 is 19.7 Å². The molecule has 5 N–H and O–H groups in total. The molecule has 1 aliphatic rings. The molecule has 3 heterocycles. The predicted octanol–water partition coefficient (Wildman–Crippen LogP) is -1.64. The van der Waals surface area contributed by atoms with Crippen molar-refractivity contribution in [2.75, 3.05) is 18.9 Å². The van der Waals surface area contributed by atoms with E-state index < -0.39 is 30.1 Å². The van der Waals surface area contributed by atoms with Crippen LogP contribution in [0.5, 0.6) is 0 Å². The maximum atomic E-state index is 11.8. The quantitative estimate of drug-likeness (QED) is 0.525. The smallest absolute Gasteiger partial charge is 0.280 e. The fraction of sp³-hybridized carbons (Fsp3) is 0.583. The van der Waals surface area contributed by atoms with E-state index in [0.29, 0.717) is 6.61 Å². The van der Waals surface area contributed by atoms with Crippen molar-refractivity contribution in [3.05, 3.63) is 16.7 Å². The number of aliphatic hydroxyl groups is 2. The number of nitrogens with zero attached hydrogens (tertiary/aromatic N) is 3. The zero-order chi connectivity index (χ0) is 15.9. The summed E-state index contributed by atoms with van der Waals surface area (Å²) in [4.78, 5) is 22.2. The highest BCUT2D eigenvalue weighted by molar-refractivity contribution is 5.70. The second-order valence-corrected chi connectivity index (χ2v) is 4.93. The molecule has 0 aliphatic carbocycles. The van der Waals surface area contributed by atoms with Crippen LogP contribution in [0.15, 0.2) is 11.1 Å². The van der Waals surface area contributed by atoms with Gasteiger partial charge >= 0.3 is 0 Å². The lowest BCUT2D eigenvalue weighted by Gasteiger charge is -2.21. The molecule has 1 saturated heterocycles. The van der Waals surface area contributed by atoms with E-state index in [9.17, 15) is 15.0 Å². The van der Waals surface area contributed by atoms with Gasteiger partial charge in [-0.2, -0.15) is 4.98 Å². The number of fused-ring (bicyclic) bond motifs is 1. The first kappa shape index (κ1) is 14.9. The van der Waals surface area contributed by atoms with Gasteiger partial charge in [-0.25, -0.2) is 4.98 Å². The van der Waals surface area contributed by atoms with Crippen LogP contribution < -0.4 is 11.3 Å². The lowest BCUT2D eigenvalue weighted by Crippen LogP contribution is -2.35. The number of rotatable bonds is 4. The zero-order valence-electron chi connectivity index (χ0n) is 11.8. The average molecular weight is 311 g/mol. The molecule has 1 fully saturated rings. The molecule has 22 heavy (non-hydrogen) atoms. The monoisotopic (exact) mass is 311 g/mol. The molecule has 0 radical (unpaired) electrons. The van der Waals surface area contributed by atoms with Gasteiger partial charge in [-0.3, -0.25) is 14.3 Å². The van der Waals surface area contributed by atoms with Crippen LogP contribution in [-0.4, -0.2) is 61.3 Å². The fourth-order valence-corrected chi connectivity index (χ4v) is 2.59. The highest BCUT2D eigenvalue weighted by Crippen LogP contribution is 2.33. The van der Waals surface area contributed by atoms with Gasteiger partial charge in [0.15, 0.2) is 17.4 Å². The summed E-state index contributed by atoms with van der Waals surface area (Å²) in [6, 6.07) is 0. The van der Waals surface area contributed by atoms with Gasteiger partial charge < -0.3 is 25.4 Å². The molecule has 4 atom stereocenters. The van der Waals surface area contributed by atoms with Gasteiger partial charge in [0.2, 0.25) is 5.95 Å². The molecular weight excluding hydrogens is 294 g/mol. The number of H-pyrrole nitrogens is 1. The van der Waals surface area contributed by atoms with Crippen LogP contribution in [0.4, 0.5) is 5.95 Å². The Bertz CT molecular complexity index is 728. The van der Waals surface area contributed by atoms with E-state index in [1.807, 2.05) is 0 Å². The predicted molar refractivity (Wildman–Crippen MR) is 75.0 cm³/mol. The van der Waals surface area contributed by atoms with Crippen LogP contribution in [0.25, 0.3) is 11.2 Å². The molecule has 2 aromatic rings. The SMILES string of the molecule is CCO[C@H]1C(O)[C@@H](CO)O[C@H]1n1cnc2c(=O)[nH]c(N)nc21. The third-order valence-electron chi connectivity index (χ3n) is 3.58. The van der Waals surface area contributed by atoms with Crippen LogP contribution in [-0.2, 0) is 9.47 Å². The standard InChI is InChI=1S/C12H17N5O5/c1-2-21-8-7(19)5(3-18)22-11(8)17-4-14-6-9(17)15-12(13)16-10(6)20/h4-5,7-8,11,18-19H,2-3H2,1H3,(H3,13,15,16,20)/t5-,7?,8+,11-/m1/s1. The highest BCUT2D eigenvalue weighted by Gasteiger charge is 2.45. The number of anilines is 1. The summed E-state index contributed by atoms with van der Waals surface area (Å²) >= 11 is 0. The number of aromatic nitrogens is 4. The summed E-state index contributed by atoms with van der Waals surface area (Å²) in [6.07, 6.45) is -1.92. The first-order valence-corrected chi connectivity index (χ1v) is 6.85. The minimum absolute atomic E-state index is 0.0514. The number of ether oxygens (including phenoxy) is 2. The van der Waals surface area contributed by atoms with E-state index >= 15 is 0 Å². The van der Waals surface area contributed by atoms with Crippen molar-refractivity contribution in [1.82, 2.24) is 19.5 Å². The Morgan fingerprint density at radius 2 is 2.36 bits per heavy atom. The van der Waals surface area contributed by atoms with Gasteiger partial charge in [-0.1, -0.05) is 0 Å². The van der Waals surface area contributed by atoms with E-state index in [4.69, 9.17) is 15.2 Å². The number of nitrogens with one attached hydrogen (secondary N) is 1. The maximum absolute atomic E-state index is 11.8. The van der Waals surface area contributed by atoms with Gasteiger partial charge in [0.05, 0.1) is 12.9 Å². The molecule has 10 nitrogen and oxygen atoms in total. The molecule has 3 rings (SSSR count). The summed E-state index contributed by atoms with van der Waals surface area (Å²) in [5, 5.41) is 19.5. The second kappa shape index (κ2) is 5.65. The highest BCUT2D eigenvalue weighted by atomic mass is 16.6. The molecule has 120 valence electrons. The molecule has 0 amide bonds. The topological polar surface area (TPSA) is 149 Å². The fourth-order valence-electron chi connectivity index (χ4n) is 2.59. The lowest BCUT2D eigenvalue weighted by molar-refractivity contribution is -0.0676. The number of imidazole rings is 1. The first-order valence-electron chi connectivity index (χ1n) is 6.85. The van der Waals surface area contributed by atoms with Crippen LogP contribution >= 0.6 is 0 Å². The third kappa shape index (κ3) is 2.25. The van der Waals surface area contributed by atoms with Gasteiger partial charge in [-0.05, 0) is 6.92 Å². The van der Waals surface area contributed by atoms with E-state index in [1.54, 1.807) is 6.92 Å². The van der Waals surface area contributed by atoms with E-state index in [0.717, 1.165) is 0 Å². The van der Waals surface area contributed by atoms with Gasteiger partial charge in [-0.15, -0.1) is 0 Å². The van der Waals surface area contributed by atoms with Gasteiger partial charge in [0.1, 0.15) is 18.3 Å². The minimum atomic E-state index is -1.01. The molecular formula is C12H17N5O5. The number of aliphatic hydroxyl groups excluding tert-OH is 2. The zero-order valence-corrected chi connectivity index (χ0v) is 11.8. The largest absolute Gasteiger partial charge is 0.394 e. The van der Waals surface area contributed by atoms with Crippen LogP contribution in [0, 0.1) is 0 Å². The lowest BCUT2D eigenvalue weighted by atomic mass is 10.1. The minimum Gasteiger partial charge on any atom is -0.394 e. The molecule has 0 bridgehead atoms. The molecule has 10 heteroatoms.